The standard InChI is InChI=1S/C17H16N6/c1-2-4-14-12-23(10-6-13(14)3-1)16-5-7-20-17(22-16)21-15-11-18-8-9-19-15/h1-5,7-9,11H,6,10,12H2,(H,19,20,21,22). The summed E-state index contributed by atoms with van der Waals surface area (Å²) in [6.45, 7) is 1.83. The summed E-state index contributed by atoms with van der Waals surface area (Å²) in [5.74, 6) is 2.08. The lowest BCUT2D eigenvalue weighted by atomic mass is 10.00. The van der Waals surface area contributed by atoms with E-state index in [0.717, 1.165) is 25.3 Å². The van der Waals surface area contributed by atoms with Crippen LogP contribution < -0.4 is 10.2 Å². The number of nitrogens with one attached hydrogen (secondary N) is 1. The van der Waals surface area contributed by atoms with Crippen molar-refractivity contribution >= 4 is 17.6 Å². The summed E-state index contributed by atoms with van der Waals surface area (Å²) in [5.41, 5.74) is 2.79. The van der Waals surface area contributed by atoms with E-state index in [9.17, 15) is 0 Å². The van der Waals surface area contributed by atoms with E-state index in [1.54, 1.807) is 24.8 Å². The van der Waals surface area contributed by atoms with E-state index in [-0.39, 0.29) is 0 Å². The van der Waals surface area contributed by atoms with Crippen LogP contribution in [-0.2, 0) is 13.0 Å². The van der Waals surface area contributed by atoms with E-state index < -0.39 is 0 Å². The minimum absolute atomic E-state index is 0.529. The third-order valence-corrected chi connectivity index (χ3v) is 3.90. The molecule has 1 aliphatic rings. The maximum Gasteiger partial charge on any atom is 0.230 e. The highest BCUT2D eigenvalue weighted by Crippen LogP contribution is 2.23. The fraction of sp³-hybridized carbons (Fsp3) is 0.176. The van der Waals surface area contributed by atoms with Gasteiger partial charge in [0.1, 0.15) is 5.82 Å². The van der Waals surface area contributed by atoms with Gasteiger partial charge in [-0.05, 0) is 23.6 Å². The lowest BCUT2D eigenvalue weighted by Crippen LogP contribution is -2.31. The normalized spacial score (nSPS) is 13.5. The Kier molecular flexibility index (Phi) is 3.56. The van der Waals surface area contributed by atoms with E-state index in [1.807, 2.05) is 6.07 Å². The quantitative estimate of drug-likeness (QED) is 0.802. The van der Waals surface area contributed by atoms with Gasteiger partial charge in [0.2, 0.25) is 5.95 Å². The average Bonchev–Trinajstić information content (AvgIpc) is 2.62. The molecule has 2 aromatic heterocycles. The predicted octanol–water partition coefficient (Wildman–Crippen LogP) is 2.57. The topological polar surface area (TPSA) is 66.8 Å². The smallest absolute Gasteiger partial charge is 0.230 e. The summed E-state index contributed by atoms with van der Waals surface area (Å²) in [7, 11) is 0. The molecule has 6 heteroatoms. The minimum atomic E-state index is 0.529. The molecule has 0 radical (unpaired) electrons. The summed E-state index contributed by atoms with van der Waals surface area (Å²) in [5, 5.41) is 3.08. The molecule has 23 heavy (non-hydrogen) atoms. The second-order valence-electron chi connectivity index (χ2n) is 5.39. The van der Waals surface area contributed by atoms with Crippen LogP contribution in [0.5, 0.6) is 0 Å². The molecule has 3 heterocycles. The van der Waals surface area contributed by atoms with Gasteiger partial charge < -0.3 is 10.2 Å². The zero-order valence-corrected chi connectivity index (χ0v) is 12.6. The van der Waals surface area contributed by atoms with Crippen LogP contribution >= 0.6 is 0 Å². The van der Waals surface area contributed by atoms with Gasteiger partial charge in [0, 0.05) is 31.7 Å². The summed E-state index contributed by atoms with van der Waals surface area (Å²) >= 11 is 0. The van der Waals surface area contributed by atoms with Crippen LogP contribution in [0.25, 0.3) is 0 Å². The van der Waals surface area contributed by atoms with Crippen molar-refractivity contribution in [1.82, 2.24) is 19.9 Å². The first kappa shape index (κ1) is 13.6. The van der Waals surface area contributed by atoms with Crippen molar-refractivity contribution in [3.63, 3.8) is 0 Å². The van der Waals surface area contributed by atoms with Gasteiger partial charge in [-0.2, -0.15) is 4.98 Å². The van der Waals surface area contributed by atoms with Crippen LogP contribution in [0.3, 0.4) is 0 Å². The molecule has 6 nitrogen and oxygen atoms in total. The van der Waals surface area contributed by atoms with E-state index in [2.05, 4.69) is 54.4 Å². The number of fused-ring (bicyclic) bond motifs is 1. The van der Waals surface area contributed by atoms with Crippen LogP contribution in [0.15, 0.2) is 55.1 Å². The fourth-order valence-electron chi connectivity index (χ4n) is 2.75. The molecule has 0 unspecified atom stereocenters. The Morgan fingerprint density at radius 1 is 0.957 bits per heavy atom. The molecule has 0 atom stereocenters. The van der Waals surface area contributed by atoms with Gasteiger partial charge in [-0.15, -0.1) is 0 Å². The summed E-state index contributed by atoms with van der Waals surface area (Å²) in [4.78, 5) is 19.3. The Labute approximate surface area is 134 Å². The highest BCUT2D eigenvalue weighted by molar-refractivity contribution is 5.51. The number of nitrogens with zero attached hydrogens (tertiary/aromatic N) is 5. The van der Waals surface area contributed by atoms with Crippen molar-refractivity contribution in [1.29, 1.82) is 0 Å². The highest BCUT2D eigenvalue weighted by Gasteiger charge is 2.17. The molecular weight excluding hydrogens is 288 g/mol. The minimum Gasteiger partial charge on any atom is -0.352 e. The van der Waals surface area contributed by atoms with E-state index in [4.69, 9.17) is 0 Å². The van der Waals surface area contributed by atoms with Gasteiger partial charge in [-0.3, -0.25) is 4.98 Å². The number of anilines is 3. The Morgan fingerprint density at radius 3 is 2.74 bits per heavy atom. The third-order valence-electron chi connectivity index (χ3n) is 3.90. The van der Waals surface area contributed by atoms with Crippen molar-refractivity contribution in [3.8, 4) is 0 Å². The lowest BCUT2D eigenvalue weighted by molar-refractivity contribution is 0.720. The number of benzene rings is 1. The van der Waals surface area contributed by atoms with Gasteiger partial charge in [-0.1, -0.05) is 24.3 Å². The van der Waals surface area contributed by atoms with Crippen molar-refractivity contribution in [2.75, 3.05) is 16.8 Å². The zero-order chi connectivity index (χ0) is 15.5. The van der Waals surface area contributed by atoms with Crippen molar-refractivity contribution in [2.24, 2.45) is 0 Å². The second kappa shape index (κ2) is 6.00. The molecule has 0 spiro atoms. The van der Waals surface area contributed by atoms with Crippen LogP contribution in [0.1, 0.15) is 11.1 Å². The molecular formula is C17H16N6. The highest BCUT2D eigenvalue weighted by atomic mass is 15.2. The largest absolute Gasteiger partial charge is 0.352 e. The molecule has 4 rings (SSSR count). The molecule has 1 aromatic carbocycles. The van der Waals surface area contributed by atoms with Crippen LogP contribution in [0.2, 0.25) is 0 Å². The summed E-state index contributed by atoms with van der Waals surface area (Å²) in [6.07, 6.45) is 7.71. The van der Waals surface area contributed by atoms with E-state index >= 15 is 0 Å². The Hall–Kier alpha value is -3.02. The molecule has 1 N–H and O–H groups in total. The summed E-state index contributed by atoms with van der Waals surface area (Å²) in [6, 6.07) is 10.5. The van der Waals surface area contributed by atoms with Crippen molar-refractivity contribution in [2.45, 2.75) is 13.0 Å². The van der Waals surface area contributed by atoms with Gasteiger partial charge in [0.05, 0.1) is 6.20 Å². The van der Waals surface area contributed by atoms with E-state index in [0.29, 0.717) is 11.8 Å². The molecule has 0 fully saturated rings. The number of hydrogen-bond acceptors (Lipinski definition) is 6. The first-order valence-corrected chi connectivity index (χ1v) is 7.56. The van der Waals surface area contributed by atoms with Crippen LogP contribution in [0.4, 0.5) is 17.6 Å². The number of rotatable bonds is 3. The van der Waals surface area contributed by atoms with Crippen LogP contribution in [0, 0.1) is 0 Å². The number of hydrogen-bond donors (Lipinski definition) is 1. The molecule has 0 saturated carbocycles. The van der Waals surface area contributed by atoms with Gasteiger partial charge >= 0.3 is 0 Å². The number of aromatic nitrogens is 4. The van der Waals surface area contributed by atoms with Crippen LogP contribution in [-0.4, -0.2) is 26.5 Å². The molecule has 0 aliphatic carbocycles. The molecule has 0 amide bonds. The molecule has 114 valence electrons. The first-order chi connectivity index (χ1) is 11.4. The molecule has 3 aromatic rings. The lowest BCUT2D eigenvalue weighted by Gasteiger charge is -2.29. The molecule has 1 aliphatic heterocycles. The monoisotopic (exact) mass is 304 g/mol. The Balaban J connectivity index is 1.55. The SMILES string of the molecule is c1ccc2c(c1)CCN(c1ccnc(Nc3cnccn3)n1)C2. The maximum atomic E-state index is 4.60. The molecule has 0 saturated heterocycles. The third kappa shape index (κ3) is 2.96. The van der Waals surface area contributed by atoms with Gasteiger partial charge in [0.15, 0.2) is 5.82 Å². The average molecular weight is 304 g/mol. The fourth-order valence-corrected chi connectivity index (χ4v) is 2.75. The molecule has 0 bridgehead atoms. The van der Waals surface area contributed by atoms with Crippen molar-refractivity contribution in [3.05, 3.63) is 66.2 Å². The van der Waals surface area contributed by atoms with Gasteiger partial charge in [-0.25, -0.2) is 9.97 Å². The summed E-state index contributed by atoms with van der Waals surface area (Å²) < 4.78 is 0. The zero-order valence-electron chi connectivity index (χ0n) is 12.6. The Bertz CT molecular complexity index is 805. The van der Waals surface area contributed by atoms with Gasteiger partial charge in [0.25, 0.3) is 0 Å². The van der Waals surface area contributed by atoms with E-state index in [1.165, 1.54) is 11.1 Å². The van der Waals surface area contributed by atoms with Crippen molar-refractivity contribution < 1.29 is 0 Å². The maximum absolute atomic E-state index is 4.60. The Morgan fingerprint density at radius 2 is 1.87 bits per heavy atom. The first-order valence-electron chi connectivity index (χ1n) is 7.56. The second-order valence-corrected chi connectivity index (χ2v) is 5.39. The predicted molar refractivity (Wildman–Crippen MR) is 88.5 cm³/mol.